The lowest BCUT2D eigenvalue weighted by Crippen LogP contribution is -2.30. The number of benzene rings is 1. The van der Waals surface area contributed by atoms with Crippen LogP contribution in [0.1, 0.15) is 10.4 Å². The van der Waals surface area contributed by atoms with E-state index in [0.29, 0.717) is 3.57 Å². The van der Waals surface area contributed by atoms with Crippen LogP contribution >= 0.6 is 22.6 Å². The van der Waals surface area contributed by atoms with Crippen LogP contribution in [0, 0.1) is 3.57 Å². The average molecular weight is 389 g/mol. The molecule has 1 aromatic rings. The molecule has 0 unspecified atom stereocenters. The first-order valence-electron chi connectivity index (χ1n) is 4.65. The smallest absolute Gasteiger partial charge is 0.471 e. The van der Waals surface area contributed by atoms with Crippen molar-refractivity contribution in [2.75, 3.05) is 12.4 Å². The van der Waals surface area contributed by atoms with Crippen LogP contribution in [-0.2, 0) is 4.79 Å². The van der Waals surface area contributed by atoms with Crippen molar-refractivity contribution in [3.8, 4) is 5.75 Å². The molecule has 0 radical (unpaired) electrons. The van der Waals surface area contributed by atoms with E-state index < -0.39 is 29.3 Å². The molecular weight excluding hydrogens is 382 g/mol. The number of rotatable bonds is 3. The molecule has 5 nitrogen and oxygen atoms in total. The third-order valence-electron chi connectivity index (χ3n) is 2.03. The van der Waals surface area contributed by atoms with Crippen molar-refractivity contribution >= 4 is 40.2 Å². The minimum atomic E-state index is -5.11. The molecule has 2 N–H and O–H groups in total. The lowest BCUT2D eigenvalue weighted by Gasteiger charge is -2.13. The molecule has 0 aliphatic heterocycles. The lowest BCUT2D eigenvalue weighted by molar-refractivity contribution is -0.167. The molecule has 0 bridgehead atoms. The van der Waals surface area contributed by atoms with Crippen molar-refractivity contribution in [3.63, 3.8) is 0 Å². The Morgan fingerprint density at radius 1 is 1.37 bits per heavy atom. The van der Waals surface area contributed by atoms with Gasteiger partial charge in [-0.15, -0.1) is 0 Å². The molecule has 0 aliphatic rings. The van der Waals surface area contributed by atoms with Gasteiger partial charge in [0, 0.05) is 6.07 Å². The molecular formula is C10H7F3INO4. The van der Waals surface area contributed by atoms with E-state index in [1.807, 2.05) is 0 Å². The average Bonchev–Trinajstić information content (AvgIpc) is 2.29. The van der Waals surface area contributed by atoms with Gasteiger partial charge in [0.2, 0.25) is 0 Å². The summed E-state index contributed by atoms with van der Waals surface area (Å²) >= 11 is 1.76. The molecule has 0 fully saturated rings. The molecule has 1 amide bonds. The van der Waals surface area contributed by atoms with Crippen molar-refractivity contribution in [3.05, 3.63) is 21.3 Å². The van der Waals surface area contributed by atoms with Gasteiger partial charge in [0.1, 0.15) is 5.75 Å². The zero-order valence-corrected chi connectivity index (χ0v) is 11.5. The van der Waals surface area contributed by atoms with Crippen LogP contribution in [0.2, 0.25) is 0 Å². The Hall–Kier alpha value is -1.52. The molecule has 0 spiro atoms. The SMILES string of the molecule is COc1cc(NC(=O)C(F)(F)F)c(C(=O)O)cc1I. The molecule has 0 saturated carbocycles. The summed E-state index contributed by atoms with van der Waals surface area (Å²) in [4.78, 5) is 21.7. The fraction of sp³-hybridized carbons (Fsp3) is 0.200. The number of hydrogen-bond donors (Lipinski definition) is 2. The Morgan fingerprint density at radius 2 is 1.95 bits per heavy atom. The molecule has 104 valence electrons. The van der Waals surface area contributed by atoms with Gasteiger partial charge in [0.15, 0.2) is 0 Å². The van der Waals surface area contributed by atoms with E-state index >= 15 is 0 Å². The molecule has 0 aromatic heterocycles. The van der Waals surface area contributed by atoms with Crippen LogP contribution in [-0.4, -0.2) is 30.3 Å². The summed E-state index contributed by atoms with van der Waals surface area (Å²) in [6.45, 7) is 0. The predicted octanol–water partition coefficient (Wildman–Crippen LogP) is 2.50. The number of anilines is 1. The lowest BCUT2D eigenvalue weighted by atomic mass is 10.1. The van der Waals surface area contributed by atoms with Crippen molar-refractivity contribution in [2.24, 2.45) is 0 Å². The highest BCUT2D eigenvalue weighted by Gasteiger charge is 2.39. The molecule has 0 atom stereocenters. The molecule has 19 heavy (non-hydrogen) atoms. The van der Waals surface area contributed by atoms with E-state index in [4.69, 9.17) is 9.84 Å². The Morgan fingerprint density at radius 3 is 2.37 bits per heavy atom. The fourth-order valence-corrected chi connectivity index (χ4v) is 1.87. The van der Waals surface area contributed by atoms with E-state index in [9.17, 15) is 22.8 Å². The molecule has 9 heteroatoms. The third-order valence-corrected chi connectivity index (χ3v) is 2.87. The maximum absolute atomic E-state index is 12.1. The predicted molar refractivity (Wildman–Crippen MR) is 67.4 cm³/mol. The minimum absolute atomic E-state index is 0.156. The highest BCUT2D eigenvalue weighted by atomic mass is 127. The summed E-state index contributed by atoms with van der Waals surface area (Å²) in [7, 11) is 1.27. The summed E-state index contributed by atoms with van der Waals surface area (Å²) in [5.41, 5.74) is -0.935. The number of carbonyl (C=O) groups is 2. The zero-order valence-electron chi connectivity index (χ0n) is 9.34. The summed E-state index contributed by atoms with van der Waals surface area (Å²) in [6, 6.07) is 2.13. The number of ether oxygens (including phenoxy) is 1. The Bertz CT molecular complexity index is 530. The summed E-state index contributed by atoms with van der Waals surface area (Å²) in [5, 5.41) is 10.4. The number of amides is 1. The van der Waals surface area contributed by atoms with Crippen LogP contribution in [0.25, 0.3) is 0 Å². The highest BCUT2D eigenvalue weighted by molar-refractivity contribution is 14.1. The number of carbonyl (C=O) groups excluding carboxylic acids is 1. The van der Waals surface area contributed by atoms with Gasteiger partial charge in [-0.1, -0.05) is 0 Å². The van der Waals surface area contributed by atoms with Crippen LogP contribution in [0.3, 0.4) is 0 Å². The maximum atomic E-state index is 12.1. The fourth-order valence-electron chi connectivity index (χ4n) is 1.18. The van der Waals surface area contributed by atoms with Gasteiger partial charge in [-0.25, -0.2) is 4.79 Å². The van der Waals surface area contributed by atoms with E-state index in [1.165, 1.54) is 12.4 Å². The molecule has 0 saturated heterocycles. The van der Waals surface area contributed by atoms with Crippen LogP contribution < -0.4 is 10.1 Å². The standard InChI is InChI=1S/C10H7F3INO4/c1-19-7-3-6(15-9(18)10(11,12)13)4(8(16)17)2-5(7)14/h2-3H,1H3,(H,15,18)(H,16,17). The second kappa shape index (κ2) is 5.63. The van der Waals surface area contributed by atoms with Crippen LogP contribution in [0.5, 0.6) is 5.75 Å². The van der Waals surface area contributed by atoms with Gasteiger partial charge in [0.05, 0.1) is 21.9 Å². The quantitative estimate of drug-likeness (QED) is 0.780. The van der Waals surface area contributed by atoms with Crippen LogP contribution in [0.15, 0.2) is 12.1 Å². The third kappa shape index (κ3) is 3.72. The number of aromatic carboxylic acids is 1. The van der Waals surface area contributed by atoms with Crippen molar-refractivity contribution < 1.29 is 32.6 Å². The van der Waals surface area contributed by atoms with E-state index in [-0.39, 0.29) is 5.75 Å². The van der Waals surface area contributed by atoms with E-state index in [1.54, 1.807) is 22.6 Å². The number of nitrogens with one attached hydrogen (secondary N) is 1. The Kier molecular flexibility index (Phi) is 4.61. The summed E-state index contributed by atoms with van der Waals surface area (Å²) < 4.78 is 41.7. The summed E-state index contributed by atoms with van der Waals surface area (Å²) in [5.74, 6) is -3.56. The number of methoxy groups -OCH3 is 1. The van der Waals surface area contributed by atoms with Gasteiger partial charge in [-0.2, -0.15) is 13.2 Å². The van der Waals surface area contributed by atoms with Gasteiger partial charge < -0.3 is 15.2 Å². The minimum Gasteiger partial charge on any atom is -0.496 e. The van der Waals surface area contributed by atoms with Gasteiger partial charge in [0.25, 0.3) is 0 Å². The Labute approximate surface area is 118 Å². The van der Waals surface area contributed by atoms with Gasteiger partial charge in [-0.05, 0) is 28.7 Å². The first kappa shape index (κ1) is 15.5. The largest absolute Gasteiger partial charge is 0.496 e. The van der Waals surface area contributed by atoms with Crippen molar-refractivity contribution in [1.82, 2.24) is 0 Å². The van der Waals surface area contributed by atoms with Crippen molar-refractivity contribution in [1.29, 1.82) is 0 Å². The van der Waals surface area contributed by atoms with Crippen LogP contribution in [0.4, 0.5) is 18.9 Å². The van der Waals surface area contributed by atoms with Gasteiger partial charge in [-0.3, -0.25) is 4.79 Å². The second-order valence-corrected chi connectivity index (χ2v) is 4.45. The van der Waals surface area contributed by atoms with Crippen molar-refractivity contribution in [2.45, 2.75) is 6.18 Å². The zero-order chi connectivity index (χ0) is 14.8. The molecule has 1 aromatic carbocycles. The number of alkyl halides is 3. The Balaban J connectivity index is 3.25. The number of halogens is 4. The topological polar surface area (TPSA) is 75.6 Å². The molecule has 0 heterocycles. The molecule has 0 aliphatic carbocycles. The van der Waals surface area contributed by atoms with E-state index in [2.05, 4.69) is 0 Å². The van der Waals surface area contributed by atoms with E-state index in [0.717, 1.165) is 12.1 Å². The maximum Gasteiger partial charge on any atom is 0.471 e. The number of carboxylic acid groups (broad SMARTS) is 1. The highest BCUT2D eigenvalue weighted by Crippen LogP contribution is 2.30. The van der Waals surface area contributed by atoms with Gasteiger partial charge >= 0.3 is 18.1 Å². The first-order valence-corrected chi connectivity index (χ1v) is 5.73. The monoisotopic (exact) mass is 389 g/mol. The first-order chi connectivity index (χ1) is 8.66. The normalized spacial score (nSPS) is 11.0. The number of hydrogen-bond acceptors (Lipinski definition) is 3. The summed E-state index contributed by atoms with van der Waals surface area (Å²) in [6.07, 6.45) is -5.11. The molecule has 1 rings (SSSR count). The second-order valence-electron chi connectivity index (χ2n) is 3.29. The number of carboxylic acids is 1.